The summed E-state index contributed by atoms with van der Waals surface area (Å²) >= 11 is 0. The van der Waals surface area contributed by atoms with E-state index >= 15 is 0 Å². The maximum atomic E-state index is 9.96. The van der Waals surface area contributed by atoms with E-state index in [1.54, 1.807) is 0 Å². The molecule has 0 amide bonds. The Morgan fingerprint density at radius 2 is 2.13 bits per heavy atom. The van der Waals surface area contributed by atoms with Crippen LogP contribution in [-0.2, 0) is 6.54 Å². The molecule has 0 aliphatic carbocycles. The van der Waals surface area contributed by atoms with Gasteiger partial charge in [-0.25, -0.2) is 0 Å². The van der Waals surface area contributed by atoms with Crippen molar-refractivity contribution in [3.8, 4) is 17.1 Å². The minimum absolute atomic E-state index is 0.280. The van der Waals surface area contributed by atoms with Gasteiger partial charge in [-0.05, 0) is 50.1 Å². The van der Waals surface area contributed by atoms with Crippen LogP contribution in [0.3, 0.4) is 0 Å². The smallest absolute Gasteiger partial charge is 0.241 e. The summed E-state index contributed by atoms with van der Waals surface area (Å²) in [6, 6.07) is 7.65. The third kappa shape index (κ3) is 3.89. The zero-order valence-corrected chi connectivity index (χ0v) is 13.6. The lowest BCUT2D eigenvalue weighted by Gasteiger charge is -2.33. The van der Waals surface area contributed by atoms with Crippen LogP contribution in [0.4, 0.5) is 0 Å². The topological polar surface area (TPSA) is 71.6 Å². The zero-order valence-electron chi connectivity index (χ0n) is 13.6. The molecule has 1 fully saturated rings. The molecule has 2 aromatic rings. The molecule has 0 radical (unpaired) electrons. The first kappa shape index (κ1) is 16.0. The van der Waals surface area contributed by atoms with E-state index in [2.05, 4.69) is 22.0 Å². The second-order valence-electron chi connectivity index (χ2n) is 6.04. The Hall–Kier alpha value is -1.92. The van der Waals surface area contributed by atoms with Crippen LogP contribution in [-0.4, -0.2) is 45.9 Å². The molecule has 1 saturated heterocycles. The molecule has 0 saturated carbocycles. The first-order valence-corrected chi connectivity index (χ1v) is 8.12. The molecule has 6 heteroatoms. The fourth-order valence-electron chi connectivity index (χ4n) is 2.75. The number of likely N-dealkylation sites (tertiary alicyclic amines) is 1. The Morgan fingerprint density at radius 3 is 2.83 bits per heavy atom. The highest BCUT2D eigenvalue weighted by atomic mass is 16.5. The maximum absolute atomic E-state index is 9.96. The Morgan fingerprint density at radius 1 is 1.35 bits per heavy atom. The first-order chi connectivity index (χ1) is 11.2. The van der Waals surface area contributed by atoms with Gasteiger partial charge in [-0.2, -0.15) is 4.98 Å². The number of ether oxygens (including phenoxy) is 1. The molecule has 2 unspecified atom stereocenters. The predicted octanol–water partition coefficient (Wildman–Crippen LogP) is 2.34. The number of aliphatic hydroxyl groups is 1. The Balaban J connectivity index is 1.63. The van der Waals surface area contributed by atoms with Crippen LogP contribution in [0, 0.1) is 5.92 Å². The number of aromatic nitrogens is 2. The molecule has 1 aliphatic heterocycles. The summed E-state index contributed by atoms with van der Waals surface area (Å²) < 4.78 is 10.8. The highest BCUT2D eigenvalue weighted by Crippen LogP contribution is 2.22. The van der Waals surface area contributed by atoms with Crippen molar-refractivity contribution < 1.29 is 14.4 Å². The van der Waals surface area contributed by atoms with Crippen molar-refractivity contribution >= 4 is 0 Å². The molecule has 1 aromatic heterocycles. The van der Waals surface area contributed by atoms with Crippen molar-refractivity contribution in [2.45, 2.75) is 32.9 Å². The summed E-state index contributed by atoms with van der Waals surface area (Å²) in [6.45, 7) is 6.86. The number of piperidine rings is 1. The highest BCUT2D eigenvalue weighted by molar-refractivity contribution is 5.55. The SMILES string of the molecule is CCOc1ccc(-c2noc(CN3CCC(C)C(O)C3)n2)cc1. The zero-order chi connectivity index (χ0) is 16.2. The van der Waals surface area contributed by atoms with Gasteiger partial charge in [0.25, 0.3) is 0 Å². The summed E-state index contributed by atoms with van der Waals surface area (Å²) in [5.41, 5.74) is 0.899. The number of β-amino-alcohol motifs (C(OH)–C–C–N with tert-alkyl or cyclic N) is 1. The number of nitrogens with zero attached hydrogens (tertiary/aromatic N) is 3. The van der Waals surface area contributed by atoms with Gasteiger partial charge in [0.05, 0.1) is 19.3 Å². The van der Waals surface area contributed by atoms with Crippen molar-refractivity contribution in [2.24, 2.45) is 5.92 Å². The standard InChI is InChI=1S/C17H23N3O3/c1-3-22-14-6-4-13(5-7-14)17-18-16(23-19-17)11-20-9-8-12(2)15(21)10-20/h4-7,12,15,21H,3,8-11H2,1-2H3. The summed E-state index contributed by atoms with van der Waals surface area (Å²) in [6.07, 6.45) is 0.707. The predicted molar refractivity (Wildman–Crippen MR) is 86.0 cm³/mol. The first-order valence-electron chi connectivity index (χ1n) is 8.12. The van der Waals surface area contributed by atoms with E-state index in [1.807, 2.05) is 31.2 Å². The third-order valence-corrected chi connectivity index (χ3v) is 4.25. The lowest BCUT2D eigenvalue weighted by molar-refractivity contribution is 0.0220. The van der Waals surface area contributed by atoms with E-state index in [0.717, 1.165) is 24.3 Å². The second-order valence-corrected chi connectivity index (χ2v) is 6.04. The molecule has 0 bridgehead atoms. The van der Waals surface area contributed by atoms with Crippen LogP contribution in [0.15, 0.2) is 28.8 Å². The number of rotatable bonds is 5. The van der Waals surface area contributed by atoms with Gasteiger partial charge in [-0.3, -0.25) is 4.90 Å². The van der Waals surface area contributed by atoms with Crippen molar-refractivity contribution in [2.75, 3.05) is 19.7 Å². The summed E-state index contributed by atoms with van der Waals surface area (Å²) in [5, 5.41) is 14.0. The van der Waals surface area contributed by atoms with Gasteiger partial charge in [0.15, 0.2) is 0 Å². The molecule has 1 N–H and O–H groups in total. The number of benzene rings is 1. The van der Waals surface area contributed by atoms with Gasteiger partial charge in [0.2, 0.25) is 11.7 Å². The molecule has 124 valence electrons. The molecule has 0 spiro atoms. The summed E-state index contributed by atoms with van der Waals surface area (Å²) in [7, 11) is 0. The van der Waals surface area contributed by atoms with Crippen LogP contribution in [0.2, 0.25) is 0 Å². The Labute approximate surface area is 136 Å². The second kappa shape index (κ2) is 7.10. The quantitative estimate of drug-likeness (QED) is 0.912. The Bertz CT molecular complexity index is 626. The molecular weight excluding hydrogens is 294 g/mol. The third-order valence-electron chi connectivity index (χ3n) is 4.25. The average molecular weight is 317 g/mol. The van der Waals surface area contributed by atoms with Gasteiger partial charge in [0.1, 0.15) is 5.75 Å². The fourth-order valence-corrected chi connectivity index (χ4v) is 2.75. The van der Waals surface area contributed by atoms with E-state index in [9.17, 15) is 5.11 Å². The van der Waals surface area contributed by atoms with E-state index in [4.69, 9.17) is 9.26 Å². The maximum Gasteiger partial charge on any atom is 0.241 e. The van der Waals surface area contributed by atoms with E-state index in [-0.39, 0.29) is 6.10 Å². The lowest BCUT2D eigenvalue weighted by atomic mass is 9.96. The summed E-state index contributed by atoms with van der Waals surface area (Å²) in [4.78, 5) is 6.61. The van der Waals surface area contributed by atoms with Crippen molar-refractivity contribution in [3.05, 3.63) is 30.2 Å². The van der Waals surface area contributed by atoms with Crippen molar-refractivity contribution in [3.63, 3.8) is 0 Å². The molecule has 2 atom stereocenters. The van der Waals surface area contributed by atoms with Crippen LogP contribution < -0.4 is 4.74 Å². The molecule has 2 heterocycles. The molecule has 1 aromatic carbocycles. The normalized spacial score (nSPS) is 22.2. The minimum atomic E-state index is -0.280. The largest absolute Gasteiger partial charge is 0.494 e. The molecule has 6 nitrogen and oxygen atoms in total. The van der Waals surface area contributed by atoms with Crippen LogP contribution >= 0.6 is 0 Å². The number of hydrogen-bond donors (Lipinski definition) is 1. The van der Waals surface area contributed by atoms with E-state index < -0.39 is 0 Å². The van der Waals surface area contributed by atoms with Gasteiger partial charge in [-0.1, -0.05) is 12.1 Å². The highest BCUT2D eigenvalue weighted by Gasteiger charge is 2.25. The van der Waals surface area contributed by atoms with Gasteiger partial charge in [0, 0.05) is 12.1 Å². The Kier molecular flexibility index (Phi) is 4.93. The van der Waals surface area contributed by atoms with Crippen molar-refractivity contribution in [1.29, 1.82) is 0 Å². The molecule has 1 aliphatic rings. The molecular formula is C17H23N3O3. The fraction of sp³-hybridized carbons (Fsp3) is 0.529. The molecule has 23 heavy (non-hydrogen) atoms. The van der Waals surface area contributed by atoms with Crippen LogP contribution in [0.1, 0.15) is 26.2 Å². The van der Waals surface area contributed by atoms with Crippen LogP contribution in [0.5, 0.6) is 5.75 Å². The van der Waals surface area contributed by atoms with Crippen molar-refractivity contribution in [1.82, 2.24) is 15.0 Å². The summed E-state index contributed by atoms with van der Waals surface area (Å²) in [5.74, 6) is 2.34. The van der Waals surface area contributed by atoms with Crippen LogP contribution in [0.25, 0.3) is 11.4 Å². The number of aliphatic hydroxyl groups excluding tert-OH is 1. The van der Waals surface area contributed by atoms with E-state index in [1.165, 1.54) is 0 Å². The molecule has 3 rings (SSSR count). The minimum Gasteiger partial charge on any atom is -0.494 e. The van der Waals surface area contributed by atoms with Gasteiger partial charge >= 0.3 is 0 Å². The lowest BCUT2D eigenvalue weighted by Crippen LogP contribution is -2.42. The number of hydrogen-bond acceptors (Lipinski definition) is 6. The van der Waals surface area contributed by atoms with Gasteiger partial charge in [-0.15, -0.1) is 0 Å². The monoisotopic (exact) mass is 317 g/mol. The average Bonchev–Trinajstić information content (AvgIpc) is 3.00. The van der Waals surface area contributed by atoms with E-state index in [0.29, 0.717) is 37.3 Å². The van der Waals surface area contributed by atoms with Gasteiger partial charge < -0.3 is 14.4 Å².